The lowest BCUT2D eigenvalue weighted by Gasteiger charge is -1.99. The van der Waals surface area contributed by atoms with Crippen LogP contribution in [0, 0.1) is 6.92 Å². The summed E-state index contributed by atoms with van der Waals surface area (Å²) in [6, 6.07) is 14.5. The van der Waals surface area contributed by atoms with Gasteiger partial charge in [0.15, 0.2) is 0 Å². The molecule has 0 saturated heterocycles. The third-order valence-corrected chi connectivity index (χ3v) is 6.27. The van der Waals surface area contributed by atoms with Gasteiger partial charge in [-0.1, -0.05) is 18.2 Å². The third kappa shape index (κ3) is 3.13. The third-order valence-electron chi connectivity index (χ3n) is 3.95. The highest BCUT2D eigenvalue weighted by molar-refractivity contribution is 7.22. The predicted octanol–water partition coefficient (Wildman–Crippen LogP) is 5.57. The van der Waals surface area contributed by atoms with Crippen molar-refractivity contribution in [3.63, 3.8) is 0 Å². The summed E-state index contributed by atoms with van der Waals surface area (Å²) in [6.45, 7) is 3.98. The minimum Gasteiger partial charge on any atom is -0.462 e. The second-order valence-electron chi connectivity index (χ2n) is 5.73. The Balaban J connectivity index is 1.64. The van der Waals surface area contributed by atoms with E-state index in [2.05, 4.69) is 28.2 Å². The van der Waals surface area contributed by atoms with E-state index in [-0.39, 0.29) is 5.97 Å². The average Bonchev–Trinajstić information content (AvgIpc) is 3.25. The number of benzene rings is 1. The lowest BCUT2D eigenvalue weighted by Crippen LogP contribution is -2.03. The van der Waals surface area contributed by atoms with E-state index < -0.39 is 0 Å². The SMILES string of the molecule is CCOC(=O)c1sc(-c2ccc(-c3cc4ccccc4s3)nc2)nc1C. The summed E-state index contributed by atoms with van der Waals surface area (Å²) < 4.78 is 6.33. The maximum absolute atomic E-state index is 12.0. The second-order valence-corrected chi connectivity index (χ2v) is 7.82. The van der Waals surface area contributed by atoms with Crippen LogP contribution in [-0.4, -0.2) is 22.5 Å². The van der Waals surface area contributed by atoms with E-state index in [1.807, 2.05) is 37.4 Å². The van der Waals surface area contributed by atoms with Gasteiger partial charge in [0.25, 0.3) is 0 Å². The van der Waals surface area contributed by atoms with Crippen LogP contribution in [-0.2, 0) is 4.74 Å². The van der Waals surface area contributed by atoms with Crippen LogP contribution in [0.5, 0.6) is 0 Å². The molecule has 0 N–H and O–H groups in total. The largest absolute Gasteiger partial charge is 0.462 e. The lowest BCUT2D eigenvalue weighted by molar-refractivity contribution is 0.0531. The number of fused-ring (bicyclic) bond motifs is 1. The molecular formula is C20H16N2O2S2. The zero-order valence-corrected chi connectivity index (χ0v) is 16.0. The Kier molecular flexibility index (Phi) is 4.53. The molecule has 26 heavy (non-hydrogen) atoms. The van der Waals surface area contributed by atoms with E-state index in [9.17, 15) is 4.79 Å². The highest BCUT2D eigenvalue weighted by Gasteiger charge is 2.17. The number of aryl methyl sites for hydroxylation is 1. The number of thiophene rings is 1. The van der Waals surface area contributed by atoms with Crippen molar-refractivity contribution in [2.45, 2.75) is 13.8 Å². The number of aromatic nitrogens is 2. The number of pyridine rings is 1. The summed E-state index contributed by atoms with van der Waals surface area (Å²) in [4.78, 5) is 22.8. The molecule has 0 radical (unpaired) electrons. The molecule has 0 aliphatic carbocycles. The molecule has 0 saturated carbocycles. The first-order chi connectivity index (χ1) is 12.7. The molecule has 3 heterocycles. The van der Waals surface area contributed by atoms with Crippen LogP contribution in [0.2, 0.25) is 0 Å². The number of hydrogen-bond acceptors (Lipinski definition) is 6. The van der Waals surface area contributed by atoms with Crippen molar-refractivity contribution in [3.05, 3.63) is 59.2 Å². The minimum absolute atomic E-state index is 0.316. The molecule has 6 heteroatoms. The van der Waals surface area contributed by atoms with Crippen LogP contribution in [0.3, 0.4) is 0 Å². The van der Waals surface area contributed by atoms with Gasteiger partial charge in [0, 0.05) is 16.5 Å². The van der Waals surface area contributed by atoms with Crippen LogP contribution >= 0.6 is 22.7 Å². The molecule has 4 rings (SSSR count). The number of esters is 1. The monoisotopic (exact) mass is 380 g/mol. The van der Waals surface area contributed by atoms with Crippen molar-refractivity contribution in [3.8, 4) is 21.1 Å². The molecular weight excluding hydrogens is 364 g/mol. The molecule has 3 aromatic heterocycles. The van der Waals surface area contributed by atoms with E-state index in [0.29, 0.717) is 17.2 Å². The van der Waals surface area contributed by atoms with Crippen molar-refractivity contribution in [2.75, 3.05) is 6.61 Å². The normalized spacial score (nSPS) is 11.0. The first kappa shape index (κ1) is 16.9. The number of thiazole rings is 1. The molecule has 130 valence electrons. The molecule has 1 aromatic carbocycles. The highest BCUT2D eigenvalue weighted by atomic mass is 32.1. The van der Waals surface area contributed by atoms with Gasteiger partial charge < -0.3 is 4.74 Å². The van der Waals surface area contributed by atoms with Gasteiger partial charge in [-0.05, 0) is 43.5 Å². The maximum atomic E-state index is 12.0. The Labute approximate surface area is 159 Å². The van der Waals surface area contributed by atoms with Gasteiger partial charge in [-0.25, -0.2) is 9.78 Å². The number of nitrogens with zero attached hydrogens (tertiary/aromatic N) is 2. The van der Waals surface area contributed by atoms with Crippen molar-refractivity contribution in [2.24, 2.45) is 0 Å². The summed E-state index contributed by atoms with van der Waals surface area (Å²) in [5.41, 5.74) is 2.53. The Morgan fingerprint density at radius 1 is 1.15 bits per heavy atom. The first-order valence-electron chi connectivity index (χ1n) is 8.25. The Morgan fingerprint density at radius 3 is 2.73 bits per heavy atom. The smallest absolute Gasteiger partial charge is 0.350 e. The molecule has 0 unspecified atom stereocenters. The van der Waals surface area contributed by atoms with E-state index in [1.54, 1.807) is 18.3 Å². The molecule has 0 aliphatic rings. The van der Waals surface area contributed by atoms with Gasteiger partial charge in [-0.15, -0.1) is 22.7 Å². The maximum Gasteiger partial charge on any atom is 0.350 e. The Morgan fingerprint density at radius 2 is 2.00 bits per heavy atom. The average molecular weight is 380 g/mol. The van der Waals surface area contributed by atoms with Crippen LogP contribution in [0.1, 0.15) is 22.3 Å². The zero-order valence-electron chi connectivity index (χ0n) is 14.4. The van der Waals surface area contributed by atoms with Crippen LogP contribution in [0.15, 0.2) is 48.7 Å². The van der Waals surface area contributed by atoms with Gasteiger partial charge in [0.1, 0.15) is 9.88 Å². The second kappa shape index (κ2) is 6.97. The van der Waals surface area contributed by atoms with Crippen molar-refractivity contribution in [1.29, 1.82) is 0 Å². The summed E-state index contributed by atoms with van der Waals surface area (Å²) in [7, 11) is 0. The van der Waals surface area contributed by atoms with Crippen molar-refractivity contribution < 1.29 is 9.53 Å². The number of carbonyl (C=O) groups is 1. The first-order valence-corrected chi connectivity index (χ1v) is 9.89. The van der Waals surface area contributed by atoms with Gasteiger partial charge in [-0.2, -0.15) is 0 Å². The highest BCUT2D eigenvalue weighted by Crippen LogP contribution is 2.34. The quantitative estimate of drug-likeness (QED) is 0.434. The molecule has 0 aliphatic heterocycles. The number of rotatable bonds is 4. The summed E-state index contributed by atoms with van der Waals surface area (Å²) >= 11 is 3.07. The van der Waals surface area contributed by atoms with Gasteiger partial charge in [0.2, 0.25) is 0 Å². The van der Waals surface area contributed by atoms with Crippen molar-refractivity contribution >= 4 is 38.7 Å². The van der Waals surface area contributed by atoms with Crippen LogP contribution < -0.4 is 0 Å². The zero-order chi connectivity index (χ0) is 18.1. The predicted molar refractivity (Wildman–Crippen MR) is 107 cm³/mol. The fourth-order valence-electron chi connectivity index (χ4n) is 2.68. The fraction of sp³-hybridized carbons (Fsp3) is 0.150. The molecule has 0 amide bonds. The van der Waals surface area contributed by atoms with E-state index in [1.165, 1.54) is 21.4 Å². The van der Waals surface area contributed by atoms with E-state index in [4.69, 9.17) is 4.74 Å². The van der Waals surface area contributed by atoms with Gasteiger partial charge in [-0.3, -0.25) is 4.98 Å². The van der Waals surface area contributed by atoms with Crippen molar-refractivity contribution in [1.82, 2.24) is 9.97 Å². The molecule has 0 atom stereocenters. The molecule has 0 bridgehead atoms. The molecule has 4 aromatic rings. The number of ether oxygens (including phenoxy) is 1. The molecule has 4 nitrogen and oxygen atoms in total. The number of hydrogen-bond donors (Lipinski definition) is 0. The standard InChI is InChI=1S/C20H16N2O2S2/c1-3-24-20(23)18-12(2)22-19(26-18)14-8-9-15(21-11-14)17-10-13-6-4-5-7-16(13)25-17/h4-11H,3H2,1-2H3. The van der Waals surface area contributed by atoms with Gasteiger partial charge in [0.05, 0.1) is 22.9 Å². The molecule has 0 fully saturated rings. The lowest BCUT2D eigenvalue weighted by atomic mass is 10.2. The Hall–Kier alpha value is -2.57. The van der Waals surface area contributed by atoms with Crippen LogP contribution in [0.25, 0.3) is 31.2 Å². The summed E-state index contributed by atoms with van der Waals surface area (Å²) in [5, 5.41) is 2.01. The van der Waals surface area contributed by atoms with E-state index >= 15 is 0 Å². The van der Waals surface area contributed by atoms with Gasteiger partial charge >= 0.3 is 5.97 Å². The minimum atomic E-state index is -0.316. The summed E-state index contributed by atoms with van der Waals surface area (Å²) in [5.74, 6) is -0.316. The topological polar surface area (TPSA) is 52.1 Å². The number of carbonyl (C=O) groups excluding carboxylic acids is 1. The van der Waals surface area contributed by atoms with E-state index in [0.717, 1.165) is 21.1 Å². The summed E-state index contributed by atoms with van der Waals surface area (Å²) in [6.07, 6.45) is 1.81. The molecule has 0 spiro atoms. The fourth-order valence-corrected chi connectivity index (χ4v) is 4.67. The van der Waals surface area contributed by atoms with Crippen LogP contribution in [0.4, 0.5) is 0 Å². The Bertz CT molecular complexity index is 1050.